The molecule has 1 heterocycles. The third-order valence-corrected chi connectivity index (χ3v) is 3.97. The van der Waals surface area contributed by atoms with Crippen molar-refractivity contribution in [1.29, 1.82) is 0 Å². The van der Waals surface area contributed by atoms with Gasteiger partial charge in [-0.3, -0.25) is 9.59 Å². The molecule has 0 bridgehead atoms. The summed E-state index contributed by atoms with van der Waals surface area (Å²) in [5.41, 5.74) is 2.77. The molecule has 4 N–H and O–H groups in total. The topological polar surface area (TPSA) is 121 Å². The van der Waals surface area contributed by atoms with Crippen molar-refractivity contribution < 1.29 is 9.59 Å². The van der Waals surface area contributed by atoms with Gasteiger partial charge in [0.1, 0.15) is 0 Å². The SMILES string of the molecule is CC(=O)Nc1cccc(Nc2nc(I)nc(Nc3cccc(NC(C)=O)c3)n2)c1. The van der Waals surface area contributed by atoms with Gasteiger partial charge < -0.3 is 21.3 Å². The molecule has 0 saturated carbocycles. The van der Waals surface area contributed by atoms with Gasteiger partial charge in [0.25, 0.3) is 0 Å². The molecule has 0 fully saturated rings. The number of amides is 2. The van der Waals surface area contributed by atoms with Crippen molar-refractivity contribution in [1.82, 2.24) is 15.0 Å². The van der Waals surface area contributed by atoms with Crippen molar-refractivity contribution in [3.8, 4) is 0 Å². The lowest BCUT2D eigenvalue weighted by Gasteiger charge is -2.10. The number of carbonyl (C=O) groups is 2. The molecule has 0 saturated heterocycles. The molecule has 10 heteroatoms. The van der Waals surface area contributed by atoms with Gasteiger partial charge in [0, 0.05) is 59.2 Å². The first kappa shape index (κ1) is 20.5. The van der Waals surface area contributed by atoms with Crippen LogP contribution in [0.3, 0.4) is 0 Å². The highest BCUT2D eigenvalue weighted by atomic mass is 127. The average molecular weight is 503 g/mol. The smallest absolute Gasteiger partial charge is 0.232 e. The summed E-state index contributed by atoms with van der Waals surface area (Å²) in [7, 11) is 0. The van der Waals surface area contributed by atoms with Crippen LogP contribution in [0.15, 0.2) is 48.5 Å². The summed E-state index contributed by atoms with van der Waals surface area (Å²) in [6.07, 6.45) is 0. The van der Waals surface area contributed by atoms with Crippen LogP contribution in [-0.4, -0.2) is 26.8 Å². The van der Waals surface area contributed by atoms with E-state index in [4.69, 9.17) is 0 Å². The van der Waals surface area contributed by atoms with Gasteiger partial charge in [0.15, 0.2) is 3.83 Å². The van der Waals surface area contributed by atoms with E-state index in [9.17, 15) is 9.59 Å². The lowest BCUT2D eigenvalue weighted by molar-refractivity contribution is -0.115. The minimum absolute atomic E-state index is 0.148. The Labute approximate surface area is 180 Å². The minimum atomic E-state index is -0.148. The van der Waals surface area contributed by atoms with Crippen LogP contribution in [0, 0.1) is 3.83 Å². The maximum Gasteiger partial charge on any atom is 0.232 e. The Hall–Kier alpha value is -3.28. The molecule has 0 aliphatic carbocycles. The van der Waals surface area contributed by atoms with Crippen LogP contribution >= 0.6 is 22.6 Å². The summed E-state index contributed by atoms with van der Waals surface area (Å²) < 4.78 is 0.499. The predicted octanol–water partition coefficient (Wildman–Crippen LogP) is 3.88. The Bertz CT molecular complexity index is 978. The summed E-state index contributed by atoms with van der Waals surface area (Å²) >= 11 is 2.01. The molecule has 2 amide bonds. The molecule has 0 spiro atoms. The van der Waals surface area contributed by atoms with Gasteiger partial charge in [-0.1, -0.05) is 12.1 Å². The number of nitrogens with one attached hydrogen (secondary N) is 4. The Balaban J connectivity index is 1.78. The van der Waals surface area contributed by atoms with Crippen LogP contribution in [0.4, 0.5) is 34.6 Å². The zero-order chi connectivity index (χ0) is 20.8. The summed E-state index contributed by atoms with van der Waals surface area (Å²) in [6, 6.07) is 14.4. The monoisotopic (exact) mass is 503 g/mol. The summed E-state index contributed by atoms with van der Waals surface area (Å²) in [5.74, 6) is 0.407. The fourth-order valence-electron chi connectivity index (χ4n) is 2.48. The number of carbonyl (C=O) groups excluding carboxylic acids is 2. The highest BCUT2D eigenvalue weighted by molar-refractivity contribution is 14.1. The first-order chi connectivity index (χ1) is 13.9. The van der Waals surface area contributed by atoms with E-state index in [0.717, 1.165) is 11.4 Å². The Kier molecular flexibility index (Phi) is 6.54. The van der Waals surface area contributed by atoms with Crippen LogP contribution in [0.5, 0.6) is 0 Å². The summed E-state index contributed by atoms with van der Waals surface area (Å²) in [5, 5.41) is 11.7. The number of benzene rings is 2. The normalized spacial score (nSPS) is 10.2. The van der Waals surface area contributed by atoms with Crippen molar-refractivity contribution in [3.05, 3.63) is 52.4 Å². The third kappa shape index (κ3) is 6.38. The van der Waals surface area contributed by atoms with Crippen molar-refractivity contribution >= 4 is 69.1 Å². The fraction of sp³-hybridized carbons (Fsp3) is 0.105. The predicted molar refractivity (Wildman–Crippen MR) is 121 cm³/mol. The highest BCUT2D eigenvalue weighted by Gasteiger charge is 2.07. The fourth-order valence-corrected chi connectivity index (χ4v) is 2.93. The second-order valence-corrected chi connectivity index (χ2v) is 6.99. The van der Waals surface area contributed by atoms with Crippen LogP contribution in [0.2, 0.25) is 0 Å². The summed E-state index contributed by atoms with van der Waals surface area (Å²) in [6.45, 7) is 2.90. The van der Waals surface area contributed by atoms with Crippen LogP contribution in [0.1, 0.15) is 13.8 Å². The second kappa shape index (κ2) is 9.28. The maximum absolute atomic E-state index is 11.2. The number of aromatic nitrogens is 3. The zero-order valence-corrected chi connectivity index (χ0v) is 17.8. The first-order valence-electron chi connectivity index (χ1n) is 8.58. The number of anilines is 6. The lowest BCUT2D eigenvalue weighted by Crippen LogP contribution is -2.08. The standard InChI is InChI=1S/C19H18IN7O2/c1-11(28)21-13-5-3-7-15(9-13)23-18-25-17(20)26-19(27-18)24-16-8-4-6-14(10-16)22-12(2)29/h3-10H,1-2H3,(H,21,28)(H,22,29)(H2,23,24,25,26,27). The molecule has 0 aliphatic rings. The Morgan fingerprint density at radius 1 is 0.724 bits per heavy atom. The number of hydrogen-bond donors (Lipinski definition) is 4. The molecule has 29 heavy (non-hydrogen) atoms. The molecular weight excluding hydrogens is 485 g/mol. The molecule has 9 nitrogen and oxygen atoms in total. The van der Waals surface area contributed by atoms with Gasteiger partial charge in [0.2, 0.25) is 23.7 Å². The molecule has 3 aromatic rings. The molecule has 1 aromatic heterocycles. The molecule has 0 aliphatic heterocycles. The average Bonchev–Trinajstić information content (AvgIpc) is 2.60. The maximum atomic E-state index is 11.2. The first-order valence-corrected chi connectivity index (χ1v) is 9.66. The Morgan fingerprint density at radius 2 is 1.14 bits per heavy atom. The quantitative estimate of drug-likeness (QED) is 0.377. The zero-order valence-electron chi connectivity index (χ0n) is 15.7. The van der Waals surface area contributed by atoms with Gasteiger partial charge in [-0.2, -0.15) is 15.0 Å². The van der Waals surface area contributed by atoms with Crippen LogP contribution in [0.25, 0.3) is 0 Å². The highest BCUT2D eigenvalue weighted by Crippen LogP contribution is 2.21. The lowest BCUT2D eigenvalue weighted by atomic mass is 10.2. The van der Waals surface area contributed by atoms with E-state index >= 15 is 0 Å². The molecular formula is C19H18IN7O2. The molecule has 0 unspecified atom stereocenters. The van der Waals surface area contributed by atoms with E-state index in [-0.39, 0.29) is 11.8 Å². The molecule has 148 valence electrons. The van der Waals surface area contributed by atoms with Gasteiger partial charge in [-0.25, -0.2) is 0 Å². The third-order valence-electron chi connectivity index (χ3n) is 3.49. The molecule has 2 aromatic carbocycles. The number of halogens is 1. The largest absolute Gasteiger partial charge is 0.326 e. The Morgan fingerprint density at radius 3 is 1.55 bits per heavy atom. The van der Waals surface area contributed by atoms with E-state index in [1.165, 1.54) is 13.8 Å². The molecule has 3 rings (SSSR count). The molecule has 0 atom stereocenters. The van der Waals surface area contributed by atoms with Crippen molar-refractivity contribution in [2.24, 2.45) is 0 Å². The minimum Gasteiger partial charge on any atom is -0.326 e. The van der Waals surface area contributed by atoms with Gasteiger partial charge in [-0.05, 0) is 36.4 Å². The van der Waals surface area contributed by atoms with Gasteiger partial charge >= 0.3 is 0 Å². The number of rotatable bonds is 6. The van der Waals surface area contributed by atoms with Crippen molar-refractivity contribution in [2.45, 2.75) is 13.8 Å². The van der Waals surface area contributed by atoms with E-state index in [1.807, 2.05) is 46.9 Å². The van der Waals surface area contributed by atoms with E-state index < -0.39 is 0 Å². The van der Waals surface area contributed by atoms with Crippen molar-refractivity contribution in [2.75, 3.05) is 21.3 Å². The van der Waals surface area contributed by atoms with Crippen LogP contribution in [-0.2, 0) is 9.59 Å². The molecule has 0 radical (unpaired) electrons. The van der Waals surface area contributed by atoms with Gasteiger partial charge in [-0.15, -0.1) is 0 Å². The van der Waals surface area contributed by atoms with E-state index in [2.05, 4.69) is 36.2 Å². The number of nitrogens with zero attached hydrogens (tertiary/aromatic N) is 3. The summed E-state index contributed by atoms with van der Waals surface area (Å²) in [4.78, 5) is 35.4. The van der Waals surface area contributed by atoms with Crippen molar-refractivity contribution in [3.63, 3.8) is 0 Å². The van der Waals surface area contributed by atoms with E-state index in [0.29, 0.717) is 27.1 Å². The number of hydrogen-bond acceptors (Lipinski definition) is 7. The van der Waals surface area contributed by atoms with Crippen LogP contribution < -0.4 is 21.3 Å². The van der Waals surface area contributed by atoms with Gasteiger partial charge in [0.05, 0.1) is 0 Å². The second-order valence-electron chi connectivity index (χ2n) is 6.03. The van der Waals surface area contributed by atoms with E-state index in [1.54, 1.807) is 24.3 Å².